The number of unbranched alkanes of at least 4 members (excludes halogenated alkanes) is 9. The Morgan fingerprint density at radius 2 is 1.40 bits per heavy atom. The molecule has 0 rings (SSSR count). The van der Waals surface area contributed by atoms with Crippen LogP contribution in [0.1, 0.15) is 85.0 Å². The van der Waals surface area contributed by atoms with Gasteiger partial charge in [-0.3, -0.25) is 0 Å². The number of hydrogen-bond donors (Lipinski definition) is 0. The molecule has 0 aromatic carbocycles. The summed E-state index contributed by atoms with van der Waals surface area (Å²) in [6.45, 7) is 6.91. The maximum atomic E-state index is 2.51. The normalized spacial score (nSPS) is 11.2. The smallest absolute Gasteiger partial charge is 0.0386 e. The number of hydrogen-bond acceptors (Lipinski definition) is 0. The van der Waals surface area contributed by atoms with Gasteiger partial charge in [0.2, 0.25) is 0 Å². The molecule has 0 heteroatoms. The van der Waals surface area contributed by atoms with Gasteiger partial charge in [-0.25, -0.2) is 0 Å². The summed E-state index contributed by atoms with van der Waals surface area (Å²) < 4.78 is 0. The molecular weight excluding hydrogens is 180 g/mol. The molecule has 0 aromatic rings. The SMILES string of the molecule is CCCCCCC[CH]CCCCC(C)C. The summed E-state index contributed by atoms with van der Waals surface area (Å²) in [5, 5.41) is 0. The van der Waals surface area contributed by atoms with Crippen LogP contribution in [0.25, 0.3) is 0 Å². The van der Waals surface area contributed by atoms with E-state index in [9.17, 15) is 0 Å². The zero-order valence-corrected chi connectivity index (χ0v) is 11.2. The molecule has 1 radical (unpaired) electrons. The molecular formula is C15H31. The first-order valence-corrected chi connectivity index (χ1v) is 7.09. The molecule has 0 aliphatic rings. The first-order chi connectivity index (χ1) is 7.27. The lowest BCUT2D eigenvalue weighted by molar-refractivity contribution is 0.531. The second kappa shape index (κ2) is 12.1. The molecule has 0 heterocycles. The molecule has 0 fully saturated rings. The highest BCUT2D eigenvalue weighted by molar-refractivity contribution is 4.64. The van der Waals surface area contributed by atoms with E-state index in [1.54, 1.807) is 0 Å². The molecule has 0 aliphatic carbocycles. The van der Waals surface area contributed by atoms with Crippen molar-refractivity contribution < 1.29 is 0 Å². The van der Waals surface area contributed by atoms with Crippen LogP contribution in [0.5, 0.6) is 0 Å². The van der Waals surface area contributed by atoms with Crippen molar-refractivity contribution in [2.75, 3.05) is 0 Å². The topological polar surface area (TPSA) is 0 Å². The molecule has 0 aromatic heterocycles. The summed E-state index contributed by atoms with van der Waals surface area (Å²) in [6, 6.07) is 0. The third kappa shape index (κ3) is 14.0. The molecule has 0 saturated heterocycles. The van der Waals surface area contributed by atoms with Gasteiger partial charge in [-0.1, -0.05) is 85.0 Å². The van der Waals surface area contributed by atoms with Crippen LogP contribution in [0, 0.1) is 12.3 Å². The first kappa shape index (κ1) is 15.0. The summed E-state index contributed by atoms with van der Waals surface area (Å²) in [7, 11) is 0. The molecule has 15 heavy (non-hydrogen) atoms. The minimum Gasteiger partial charge on any atom is -0.0654 e. The van der Waals surface area contributed by atoms with E-state index in [4.69, 9.17) is 0 Å². The third-order valence-electron chi connectivity index (χ3n) is 2.95. The van der Waals surface area contributed by atoms with Crippen LogP contribution >= 0.6 is 0 Å². The highest BCUT2D eigenvalue weighted by atomic mass is 14.0. The average molecular weight is 211 g/mol. The van der Waals surface area contributed by atoms with Crippen LogP contribution in [0.4, 0.5) is 0 Å². The number of rotatable bonds is 11. The zero-order valence-electron chi connectivity index (χ0n) is 11.2. The van der Waals surface area contributed by atoms with Crippen molar-refractivity contribution in [2.24, 2.45) is 5.92 Å². The van der Waals surface area contributed by atoms with Crippen molar-refractivity contribution in [3.05, 3.63) is 6.42 Å². The lowest BCUT2D eigenvalue weighted by Gasteiger charge is -2.04. The van der Waals surface area contributed by atoms with Crippen molar-refractivity contribution >= 4 is 0 Å². The molecule has 0 N–H and O–H groups in total. The zero-order chi connectivity index (χ0) is 11.4. The largest absolute Gasteiger partial charge is 0.0654 e. The summed E-state index contributed by atoms with van der Waals surface area (Å²) in [5.74, 6) is 0.888. The Labute approximate surface area is 97.8 Å². The fraction of sp³-hybridized carbons (Fsp3) is 0.933. The molecule has 0 spiro atoms. The Morgan fingerprint density at radius 1 is 0.800 bits per heavy atom. The predicted octanol–water partition coefficient (Wildman–Crippen LogP) is 5.77. The van der Waals surface area contributed by atoms with Gasteiger partial charge in [0.1, 0.15) is 0 Å². The van der Waals surface area contributed by atoms with Gasteiger partial charge in [0.25, 0.3) is 0 Å². The lowest BCUT2D eigenvalue weighted by atomic mass is 10.0. The van der Waals surface area contributed by atoms with Gasteiger partial charge in [0.15, 0.2) is 0 Å². The standard InChI is InChI=1S/C15H31/c1-4-5-6-7-8-9-10-11-12-13-14-15(2)3/h10,15H,4-9,11-14H2,1-3H3. The summed E-state index contributed by atoms with van der Waals surface area (Å²) in [6.07, 6.45) is 16.5. The van der Waals surface area contributed by atoms with Crippen LogP contribution in [-0.2, 0) is 0 Å². The van der Waals surface area contributed by atoms with Crippen LogP contribution in [0.2, 0.25) is 0 Å². The predicted molar refractivity (Wildman–Crippen MR) is 71.0 cm³/mol. The molecule has 0 bridgehead atoms. The van der Waals surface area contributed by atoms with Crippen molar-refractivity contribution in [2.45, 2.75) is 85.0 Å². The highest BCUT2D eigenvalue weighted by Gasteiger charge is 1.95. The van der Waals surface area contributed by atoms with E-state index in [1.165, 1.54) is 64.2 Å². The molecule has 0 aliphatic heterocycles. The van der Waals surface area contributed by atoms with Crippen LogP contribution < -0.4 is 0 Å². The molecule has 0 amide bonds. The Morgan fingerprint density at radius 3 is 2.00 bits per heavy atom. The minimum atomic E-state index is 0.888. The highest BCUT2D eigenvalue weighted by Crippen LogP contribution is 2.12. The fourth-order valence-corrected chi connectivity index (χ4v) is 1.88. The van der Waals surface area contributed by atoms with Gasteiger partial charge in [-0.2, -0.15) is 0 Å². The molecule has 0 atom stereocenters. The van der Waals surface area contributed by atoms with E-state index in [0.29, 0.717) is 0 Å². The molecule has 0 unspecified atom stereocenters. The van der Waals surface area contributed by atoms with Gasteiger partial charge in [0, 0.05) is 0 Å². The van der Waals surface area contributed by atoms with E-state index >= 15 is 0 Å². The van der Waals surface area contributed by atoms with E-state index < -0.39 is 0 Å². The van der Waals surface area contributed by atoms with E-state index in [2.05, 4.69) is 27.2 Å². The van der Waals surface area contributed by atoms with E-state index in [1.807, 2.05) is 0 Å². The van der Waals surface area contributed by atoms with Crippen LogP contribution in [0.15, 0.2) is 0 Å². The average Bonchev–Trinajstić information content (AvgIpc) is 2.20. The maximum absolute atomic E-state index is 2.51. The van der Waals surface area contributed by atoms with Crippen molar-refractivity contribution in [1.29, 1.82) is 0 Å². The van der Waals surface area contributed by atoms with Gasteiger partial charge in [0.05, 0.1) is 0 Å². The van der Waals surface area contributed by atoms with Crippen LogP contribution in [-0.4, -0.2) is 0 Å². The quantitative estimate of drug-likeness (QED) is 0.381. The van der Waals surface area contributed by atoms with Crippen molar-refractivity contribution in [3.8, 4) is 0 Å². The second-order valence-electron chi connectivity index (χ2n) is 5.17. The Kier molecular flexibility index (Phi) is 12.1. The van der Waals surface area contributed by atoms with E-state index in [0.717, 1.165) is 5.92 Å². The minimum absolute atomic E-state index is 0.888. The molecule has 0 nitrogen and oxygen atoms in total. The molecule has 0 saturated carbocycles. The monoisotopic (exact) mass is 211 g/mol. The van der Waals surface area contributed by atoms with Gasteiger partial charge >= 0.3 is 0 Å². The van der Waals surface area contributed by atoms with E-state index in [-0.39, 0.29) is 0 Å². The van der Waals surface area contributed by atoms with Gasteiger partial charge in [-0.05, 0) is 12.3 Å². The second-order valence-corrected chi connectivity index (χ2v) is 5.17. The summed E-state index contributed by atoms with van der Waals surface area (Å²) in [4.78, 5) is 0. The maximum Gasteiger partial charge on any atom is -0.0386 e. The Hall–Kier alpha value is 0. The fourth-order valence-electron chi connectivity index (χ4n) is 1.88. The lowest BCUT2D eigenvalue weighted by Crippen LogP contribution is -1.87. The van der Waals surface area contributed by atoms with Gasteiger partial charge < -0.3 is 0 Å². The Bertz CT molecular complexity index is 105. The first-order valence-electron chi connectivity index (χ1n) is 7.09. The van der Waals surface area contributed by atoms with Crippen molar-refractivity contribution in [1.82, 2.24) is 0 Å². The summed E-state index contributed by atoms with van der Waals surface area (Å²) >= 11 is 0. The van der Waals surface area contributed by atoms with Crippen molar-refractivity contribution in [3.63, 3.8) is 0 Å². The molecule has 91 valence electrons. The van der Waals surface area contributed by atoms with Gasteiger partial charge in [-0.15, -0.1) is 0 Å². The van der Waals surface area contributed by atoms with Crippen LogP contribution in [0.3, 0.4) is 0 Å². The summed E-state index contributed by atoms with van der Waals surface area (Å²) in [5.41, 5.74) is 0. The Balaban J connectivity index is 2.87. The third-order valence-corrected chi connectivity index (χ3v) is 2.95.